The smallest absolute Gasteiger partial charge is 0.292 e. The minimum Gasteiger partial charge on any atom is -0.459 e. The molecular weight excluding hydrogens is 458 g/mol. The summed E-state index contributed by atoms with van der Waals surface area (Å²) in [5.74, 6) is -1.77. The third-order valence-corrected chi connectivity index (χ3v) is 6.20. The van der Waals surface area contributed by atoms with Crippen molar-refractivity contribution in [1.29, 1.82) is 0 Å². The number of aromatic nitrogens is 4. The highest BCUT2D eigenvalue weighted by atomic mass is 19.1. The summed E-state index contributed by atoms with van der Waals surface area (Å²) in [6.07, 6.45) is 3.11. The predicted molar refractivity (Wildman–Crippen MR) is 122 cm³/mol. The van der Waals surface area contributed by atoms with Crippen LogP contribution in [0.25, 0.3) is 27.6 Å². The standard InChI is InChI=1S/C24H18F2N6O3/c1-27-23(33)16-4-5-18(22(26)28-16)32-10-13-9-31(11-17(13)30-32)8-12-2-3-14-15-6-7-35-21(15)24(34)29-20(14)19(12)25/h2-7,10H,8-9,11H2,1H3,(H,27,33)(H,29,34). The van der Waals surface area contributed by atoms with E-state index in [-0.39, 0.29) is 22.5 Å². The lowest BCUT2D eigenvalue weighted by Crippen LogP contribution is -2.20. The number of furan rings is 1. The molecule has 176 valence electrons. The van der Waals surface area contributed by atoms with Crippen molar-refractivity contribution in [3.8, 4) is 5.69 Å². The molecule has 2 N–H and O–H groups in total. The first-order chi connectivity index (χ1) is 16.9. The van der Waals surface area contributed by atoms with Crippen molar-refractivity contribution in [2.75, 3.05) is 7.05 Å². The molecule has 1 aliphatic rings. The quantitative estimate of drug-likeness (QED) is 0.386. The maximum absolute atomic E-state index is 15.3. The minimum atomic E-state index is -0.803. The molecule has 1 aromatic carbocycles. The Hall–Kier alpha value is -4.38. The number of halogens is 2. The summed E-state index contributed by atoms with van der Waals surface area (Å²) in [5.41, 5.74) is 2.01. The lowest BCUT2D eigenvalue weighted by Gasteiger charge is -2.16. The number of fused-ring (bicyclic) bond motifs is 4. The van der Waals surface area contributed by atoms with Crippen LogP contribution in [-0.2, 0) is 19.6 Å². The van der Waals surface area contributed by atoms with Gasteiger partial charge < -0.3 is 14.7 Å². The van der Waals surface area contributed by atoms with Crippen molar-refractivity contribution >= 4 is 27.8 Å². The van der Waals surface area contributed by atoms with Crippen molar-refractivity contribution in [3.05, 3.63) is 87.4 Å². The number of nitrogens with one attached hydrogen (secondary N) is 2. The van der Waals surface area contributed by atoms with E-state index in [9.17, 15) is 14.0 Å². The molecule has 6 rings (SSSR count). The molecule has 5 aromatic rings. The third kappa shape index (κ3) is 3.39. The molecule has 0 aliphatic carbocycles. The van der Waals surface area contributed by atoms with E-state index in [0.717, 1.165) is 11.3 Å². The van der Waals surface area contributed by atoms with Crippen molar-refractivity contribution < 1.29 is 18.0 Å². The van der Waals surface area contributed by atoms with Gasteiger partial charge in [0.2, 0.25) is 5.95 Å². The van der Waals surface area contributed by atoms with Gasteiger partial charge in [-0.25, -0.2) is 14.1 Å². The number of aromatic amines is 1. The number of nitrogens with zero attached hydrogens (tertiary/aromatic N) is 4. The highest BCUT2D eigenvalue weighted by Gasteiger charge is 2.25. The highest BCUT2D eigenvalue weighted by molar-refractivity contribution is 6.03. The van der Waals surface area contributed by atoms with Crippen molar-refractivity contribution in [3.63, 3.8) is 0 Å². The van der Waals surface area contributed by atoms with Gasteiger partial charge in [-0.3, -0.25) is 14.5 Å². The minimum absolute atomic E-state index is 0.0214. The normalized spacial score (nSPS) is 13.6. The van der Waals surface area contributed by atoms with E-state index in [1.54, 1.807) is 24.4 Å². The zero-order valence-electron chi connectivity index (χ0n) is 18.4. The van der Waals surface area contributed by atoms with E-state index >= 15 is 4.39 Å². The van der Waals surface area contributed by atoms with Crippen LogP contribution in [0.15, 0.2) is 52.0 Å². The molecule has 0 radical (unpaired) electrons. The highest BCUT2D eigenvalue weighted by Crippen LogP contribution is 2.29. The van der Waals surface area contributed by atoms with Gasteiger partial charge in [0.15, 0.2) is 11.4 Å². The fourth-order valence-corrected chi connectivity index (χ4v) is 4.50. The average molecular weight is 476 g/mol. The van der Waals surface area contributed by atoms with Gasteiger partial charge in [-0.05, 0) is 18.2 Å². The van der Waals surface area contributed by atoms with Gasteiger partial charge in [-0.2, -0.15) is 9.49 Å². The van der Waals surface area contributed by atoms with E-state index in [0.29, 0.717) is 36.0 Å². The van der Waals surface area contributed by atoms with E-state index in [2.05, 4.69) is 20.4 Å². The van der Waals surface area contributed by atoms with Crippen LogP contribution in [0.3, 0.4) is 0 Å². The predicted octanol–water partition coefficient (Wildman–Crippen LogP) is 3.01. The monoisotopic (exact) mass is 476 g/mol. The van der Waals surface area contributed by atoms with Gasteiger partial charge in [0.1, 0.15) is 11.4 Å². The van der Waals surface area contributed by atoms with E-state index in [1.165, 1.54) is 30.1 Å². The van der Waals surface area contributed by atoms with Crippen LogP contribution in [0.5, 0.6) is 0 Å². The van der Waals surface area contributed by atoms with Crippen LogP contribution in [0.1, 0.15) is 27.3 Å². The Bertz CT molecular complexity index is 1680. The third-order valence-electron chi connectivity index (χ3n) is 6.20. The number of rotatable bonds is 4. The fourth-order valence-electron chi connectivity index (χ4n) is 4.50. The molecule has 0 bridgehead atoms. The zero-order chi connectivity index (χ0) is 24.3. The van der Waals surface area contributed by atoms with Crippen LogP contribution in [0, 0.1) is 11.8 Å². The van der Waals surface area contributed by atoms with Gasteiger partial charge >= 0.3 is 0 Å². The average Bonchev–Trinajstić information content (AvgIpc) is 3.56. The maximum Gasteiger partial charge on any atom is 0.292 e. The summed E-state index contributed by atoms with van der Waals surface area (Å²) in [4.78, 5) is 32.2. The van der Waals surface area contributed by atoms with Crippen molar-refractivity contribution in [1.82, 2.24) is 30.0 Å². The number of pyridine rings is 2. The molecular formula is C24H18F2N6O3. The Labute approximate surface area is 196 Å². The molecule has 35 heavy (non-hydrogen) atoms. The van der Waals surface area contributed by atoms with E-state index < -0.39 is 23.2 Å². The van der Waals surface area contributed by atoms with Gasteiger partial charge in [0, 0.05) is 54.8 Å². The Balaban J connectivity index is 1.24. The van der Waals surface area contributed by atoms with Crippen LogP contribution in [0.2, 0.25) is 0 Å². The first-order valence-electron chi connectivity index (χ1n) is 10.8. The van der Waals surface area contributed by atoms with Gasteiger partial charge in [-0.1, -0.05) is 12.1 Å². The van der Waals surface area contributed by atoms with Crippen LogP contribution in [-0.4, -0.2) is 37.6 Å². The molecule has 0 spiro atoms. The second kappa shape index (κ2) is 7.84. The lowest BCUT2D eigenvalue weighted by molar-refractivity contribution is 0.0957. The molecule has 0 unspecified atom stereocenters. The van der Waals surface area contributed by atoms with Crippen molar-refractivity contribution in [2.24, 2.45) is 0 Å². The summed E-state index contributed by atoms with van der Waals surface area (Å²) in [7, 11) is 1.45. The van der Waals surface area contributed by atoms with E-state index in [1.807, 2.05) is 4.90 Å². The molecule has 4 aromatic heterocycles. The van der Waals surface area contributed by atoms with Gasteiger partial charge in [0.05, 0.1) is 17.5 Å². The number of benzene rings is 1. The molecule has 0 saturated heterocycles. The first kappa shape index (κ1) is 21.2. The molecule has 0 fully saturated rings. The molecule has 0 atom stereocenters. The molecule has 1 aliphatic heterocycles. The van der Waals surface area contributed by atoms with E-state index in [4.69, 9.17) is 4.42 Å². The number of H-pyrrole nitrogens is 1. The summed E-state index contributed by atoms with van der Waals surface area (Å²) < 4.78 is 36.4. The first-order valence-corrected chi connectivity index (χ1v) is 10.8. The second-order valence-corrected chi connectivity index (χ2v) is 8.36. The summed E-state index contributed by atoms with van der Waals surface area (Å²) in [6.45, 7) is 1.25. The SMILES string of the molecule is CNC(=O)c1ccc(-n2cc3c(n2)CN(Cc2ccc4c([nH]c(=O)c5occc54)c2F)C3)c(F)n1. The van der Waals surface area contributed by atoms with Gasteiger partial charge in [0.25, 0.3) is 11.5 Å². The Morgan fingerprint density at radius 3 is 2.80 bits per heavy atom. The lowest BCUT2D eigenvalue weighted by atomic mass is 10.1. The topological polar surface area (TPSA) is 109 Å². The summed E-state index contributed by atoms with van der Waals surface area (Å²) >= 11 is 0. The molecule has 1 amide bonds. The molecule has 5 heterocycles. The van der Waals surface area contributed by atoms with Crippen molar-refractivity contribution in [2.45, 2.75) is 19.6 Å². The number of hydrogen-bond donors (Lipinski definition) is 2. The number of carbonyl (C=O) groups excluding carboxylic acids is 1. The number of hydrogen-bond acceptors (Lipinski definition) is 6. The number of amides is 1. The summed E-state index contributed by atoms with van der Waals surface area (Å²) in [5, 5.41) is 8.01. The van der Waals surface area contributed by atoms with Crippen LogP contribution in [0.4, 0.5) is 8.78 Å². The zero-order valence-corrected chi connectivity index (χ0v) is 18.4. The van der Waals surface area contributed by atoms with Crippen LogP contribution >= 0.6 is 0 Å². The number of carbonyl (C=O) groups is 1. The Morgan fingerprint density at radius 1 is 1.17 bits per heavy atom. The van der Waals surface area contributed by atoms with Crippen LogP contribution < -0.4 is 10.9 Å². The fraction of sp³-hybridized carbons (Fsp3) is 0.167. The Kier molecular flexibility index (Phi) is 4.74. The largest absolute Gasteiger partial charge is 0.459 e. The molecule has 0 saturated carbocycles. The summed E-state index contributed by atoms with van der Waals surface area (Å²) in [6, 6.07) is 8.01. The maximum atomic E-state index is 15.3. The molecule has 11 heteroatoms. The Morgan fingerprint density at radius 2 is 2.03 bits per heavy atom. The second-order valence-electron chi connectivity index (χ2n) is 8.36. The molecule has 9 nitrogen and oxygen atoms in total. The van der Waals surface area contributed by atoms with Gasteiger partial charge in [-0.15, -0.1) is 0 Å².